The van der Waals surface area contributed by atoms with Crippen molar-refractivity contribution in [3.05, 3.63) is 65.0 Å². The number of hydrogen-bond donors (Lipinski definition) is 2. The van der Waals surface area contributed by atoms with Crippen molar-refractivity contribution < 1.29 is 53.4 Å². The van der Waals surface area contributed by atoms with Crippen molar-refractivity contribution in [2.75, 3.05) is 0 Å². The van der Waals surface area contributed by atoms with Crippen molar-refractivity contribution >= 4 is 15.7 Å². The number of carbonyl (C=O) groups excluding carboxylic acids is 1. The van der Waals surface area contributed by atoms with E-state index in [2.05, 4.69) is 5.32 Å². The van der Waals surface area contributed by atoms with Crippen LogP contribution in [-0.4, -0.2) is 43.9 Å². The Hall–Kier alpha value is -2.74. The van der Waals surface area contributed by atoms with Gasteiger partial charge in [-0.05, 0) is 92.7 Å². The van der Waals surface area contributed by atoms with E-state index in [1.165, 1.54) is 0 Å². The van der Waals surface area contributed by atoms with E-state index >= 15 is 0 Å². The van der Waals surface area contributed by atoms with Gasteiger partial charge in [-0.2, -0.15) is 26.3 Å². The maximum atomic E-state index is 15.0. The molecular weight excluding hydrogens is 610 g/mol. The number of carbonyl (C=O) groups is 1. The molecule has 2 aromatic carbocycles. The Morgan fingerprint density at radius 2 is 1.47 bits per heavy atom. The minimum Gasteiger partial charge on any atom is -0.393 e. The summed E-state index contributed by atoms with van der Waals surface area (Å²) in [5.74, 6) is -2.95. The Morgan fingerprint density at radius 1 is 0.860 bits per heavy atom. The first-order valence-electron chi connectivity index (χ1n) is 13.9. The lowest BCUT2D eigenvalue weighted by atomic mass is 9.72. The molecule has 0 radical (unpaired) electrons. The van der Waals surface area contributed by atoms with Crippen molar-refractivity contribution in [3.63, 3.8) is 0 Å². The molecule has 43 heavy (non-hydrogen) atoms. The van der Waals surface area contributed by atoms with E-state index in [1.54, 1.807) is 0 Å². The van der Waals surface area contributed by atoms with Crippen molar-refractivity contribution in [1.29, 1.82) is 0 Å². The smallest absolute Gasteiger partial charge is 0.393 e. The molecule has 3 aliphatic carbocycles. The Labute approximate surface area is 242 Å². The molecule has 5 rings (SSSR count). The number of sulfone groups is 1. The maximum absolute atomic E-state index is 15.0. The molecule has 14 heteroatoms. The van der Waals surface area contributed by atoms with E-state index in [0.29, 0.717) is 37.8 Å². The largest absolute Gasteiger partial charge is 0.435 e. The van der Waals surface area contributed by atoms with Crippen LogP contribution in [0.2, 0.25) is 0 Å². The quantitative estimate of drug-likeness (QED) is 0.303. The van der Waals surface area contributed by atoms with Crippen LogP contribution in [0.1, 0.15) is 61.6 Å². The fourth-order valence-corrected chi connectivity index (χ4v) is 9.69. The number of aliphatic hydroxyl groups excluding tert-OH is 1. The van der Waals surface area contributed by atoms with E-state index in [9.17, 15) is 53.4 Å². The van der Waals surface area contributed by atoms with Gasteiger partial charge in [0.1, 0.15) is 10.6 Å². The van der Waals surface area contributed by atoms with E-state index in [-0.39, 0.29) is 47.7 Å². The van der Waals surface area contributed by atoms with Gasteiger partial charge in [0.2, 0.25) is 5.91 Å². The van der Waals surface area contributed by atoms with Gasteiger partial charge < -0.3 is 10.4 Å². The Balaban J connectivity index is 1.61. The van der Waals surface area contributed by atoms with Crippen LogP contribution < -0.4 is 5.32 Å². The van der Waals surface area contributed by atoms with E-state index in [0.717, 1.165) is 30.3 Å². The third-order valence-electron chi connectivity index (χ3n) is 9.36. The molecular formula is C29H29F8NO4S. The number of aryl methyl sites for hydroxylation is 1. The third-order valence-corrected chi connectivity index (χ3v) is 11.9. The van der Waals surface area contributed by atoms with Crippen LogP contribution in [0.4, 0.5) is 35.1 Å². The van der Waals surface area contributed by atoms with Gasteiger partial charge in [-0.15, -0.1) is 0 Å². The lowest BCUT2D eigenvalue weighted by Gasteiger charge is -2.43. The molecule has 236 valence electrons. The number of fused-ring (bicyclic) bond motifs is 3. The van der Waals surface area contributed by atoms with Crippen LogP contribution >= 0.6 is 0 Å². The number of aliphatic hydroxyl groups is 1. The zero-order valence-corrected chi connectivity index (χ0v) is 23.4. The first-order valence-corrected chi connectivity index (χ1v) is 15.4. The number of benzene rings is 2. The van der Waals surface area contributed by atoms with Crippen molar-refractivity contribution in [1.82, 2.24) is 5.32 Å². The highest BCUT2D eigenvalue weighted by Crippen LogP contribution is 2.60. The average molecular weight is 640 g/mol. The van der Waals surface area contributed by atoms with E-state index in [4.69, 9.17) is 0 Å². The Bertz CT molecular complexity index is 1470. The fourth-order valence-electron chi connectivity index (χ4n) is 7.22. The minimum atomic E-state index is -6.35. The highest BCUT2D eigenvalue weighted by atomic mass is 32.2. The second kappa shape index (κ2) is 10.7. The third kappa shape index (κ3) is 5.01. The molecule has 2 saturated carbocycles. The molecule has 5 nitrogen and oxygen atoms in total. The number of amides is 1. The zero-order chi connectivity index (χ0) is 31.6. The topological polar surface area (TPSA) is 83.5 Å². The summed E-state index contributed by atoms with van der Waals surface area (Å²) in [4.78, 5) is 13.2. The molecule has 0 unspecified atom stereocenters. The van der Waals surface area contributed by atoms with Gasteiger partial charge >= 0.3 is 18.0 Å². The molecule has 0 bridgehead atoms. The predicted octanol–water partition coefficient (Wildman–Crippen LogP) is 6.18. The van der Waals surface area contributed by atoms with Gasteiger partial charge in [-0.3, -0.25) is 4.79 Å². The second-order valence-electron chi connectivity index (χ2n) is 11.7. The van der Waals surface area contributed by atoms with Gasteiger partial charge in [0.25, 0.3) is 0 Å². The van der Waals surface area contributed by atoms with Crippen molar-refractivity contribution in [2.45, 2.75) is 91.2 Å². The SMILES string of the molecule is O=C(N[C@H]1CC[C@H](O)CC1)[C@@H]1CC[C@@]2(S(=O)(=O)c3ccc(F)cc3)c3ccc(C(F)(C(F)(F)F)C(F)(F)F)cc3CC[C@@H]12. The van der Waals surface area contributed by atoms with E-state index < -0.39 is 67.8 Å². The van der Waals surface area contributed by atoms with Crippen LogP contribution in [0.3, 0.4) is 0 Å². The molecule has 0 heterocycles. The zero-order valence-electron chi connectivity index (χ0n) is 22.6. The van der Waals surface area contributed by atoms with Gasteiger partial charge in [-0.25, -0.2) is 17.2 Å². The van der Waals surface area contributed by atoms with Gasteiger partial charge in [-0.1, -0.05) is 18.2 Å². The number of alkyl halides is 7. The Kier molecular flexibility index (Phi) is 7.89. The van der Waals surface area contributed by atoms with Crippen LogP contribution in [0.25, 0.3) is 0 Å². The highest BCUT2D eigenvalue weighted by Gasteiger charge is 2.74. The van der Waals surface area contributed by atoms with Crippen molar-refractivity contribution in [2.24, 2.45) is 11.8 Å². The highest BCUT2D eigenvalue weighted by molar-refractivity contribution is 7.92. The molecule has 2 aromatic rings. The minimum absolute atomic E-state index is 0.0472. The summed E-state index contributed by atoms with van der Waals surface area (Å²) in [6.45, 7) is 0. The first-order chi connectivity index (χ1) is 19.9. The number of hydrogen-bond acceptors (Lipinski definition) is 4. The van der Waals surface area contributed by atoms with Gasteiger partial charge in [0.05, 0.1) is 11.0 Å². The first kappa shape index (κ1) is 31.7. The monoisotopic (exact) mass is 639 g/mol. The number of rotatable bonds is 5. The predicted molar refractivity (Wildman–Crippen MR) is 138 cm³/mol. The van der Waals surface area contributed by atoms with Crippen LogP contribution in [0.15, 0.2) is 47.4 Å². The van der Waals surface area contributed by atoms with Crippen molar-refractivity contribution in [3.8, 4) is 0 Å². The molecule has 2 N–H and O–H groups in total. The summed E-state index contributed by atoms with van der Waals surface area (Å²) in [6, 6.07) is 5.13. The fraction of sp³-hybridized carbons (Fsp3) is 0.552. The summed E-state index contributed by atoms with van der Waals surface area (Å²) in [5, 5.41) is 12.7. The second-order valence-corrected chi connectivity index (χ2v) is 13.9. The lowest BCUT2D eigenvalue weighted by molar-refractivity contribution is -0.348. The summed E-state index contributed by atoms with van der Waals surface area (Å²) in [7, 11) is -4.52. The van der Waals surface area contributed by atoms with Crippen LogP contribution in [0.5, 0.6) is 0 Å². The summed E-state index contributed by atoms with van der Waals surface area (Å²) in [5.41, 5.74) is -7.71. The van der Waals surface area contributed by atoms with E-state index in [1.807, 2.05) is 0 Å². The standard InChI is InChI=1S/C29H29F8NO4S/c30-18-3-9-21(10-4-18)43(41,42)26-14-13-22(25(40)38-19-5-7-20(39)8-6-19)24(26)11-1-16-15-17(2-12-23(16)26)27(31,28(32,33)34)29(35,36)37/h2-4,9-10,12,15,19-20,22,24,39H,1,5-8,11,13-14H2,(H,38,40)/t19-,20-,22-,24+,26-/m1/s1. The molecule has 3 atom stereocenters. The average Bonchev–Trinajstić information content (AvgIpc) is 3.34. The molecule has 3 aliphatic rings. The molecule has 1 amide bonds. The van der Waals surface area contributed by atoms with Gasteiger partial charge in [0.15, 0.2) is 9.84 Å². The van der Waals surface area contributed by atoms with Crippen LogP contribution in [-0.2, 0) is 31.5 Å². The van der Waals surface area contributed by atoms with Crippen LogP contribution in [0, 0.1) is 17.7 Å². The summed E-state index contributed by atoms with van der Waals surface area (Å²) in [6.07, 6.45) is -11.6. The maximum Gasteiger partial charge on any atom is 0.435 e. The molecule has 2 fully saturated rings. The summed E-state index contributed by atoms with van der Waals surface area (Å²) < 4.78 is 137. The van der Waals surface area contributed by atoms with Gasteiger partial charge in [0, 0.05) is 17.5 Å². The molecule has 0 aliphatic heterocycles. The lowest BCUT2D eigenvalue weighted by Crippen LogP contribution is -2.51. The molecule has 0 spiro atoms. The summed E-state index contributed by atoms with van der Waals surface area (Å²) >= 11 is 0. The number of halogens is 8. The number of nitrogens with one attached hydrogen (secondary N) is 1. The normalized spacial score (nSPS) is 28.2. The molecule has 0 saturated heterocycles. The Morgan fingerprint density at radius 3 is 2.05 bits per heavy atom. The molecule has 0 aromatic heterocycles.